The highest BCUT2D eigenvalue weighted by Gasteiger charge is 2.20. The molecular weight excluding hydrogens is 304 g/mol. The zero-order valence-electron chi connectivity index (χ0n) is 15.3. The highest BCUT2D eigenvalue weighted by molar-refractivity contribution is 5.80. The molecule has 0 saturated heterocycles. The second-order valence-electron chi connectivity index (χ2n) is 6.31. The molecule has 0 saturated carbocycles. The number of carbonyl (C=O) groups excluding carboxylic acids is 1. The van der Waals surface area contributed by atoms with Gasteiger partial charge in [0.05, 0.1) is 7.11 Å². The summed E-state index contributed by atoms with van der Waals surface area (Å²) in [6, 6.07) is 1.66. The van der Waals surface area contributed by atoms with E-state index in [1.54, 1.807) is 13.3 Å². The van der Waals surface area contributed by atoms with Crippen LogP contribution in [-0.4, -0.2) is 27.6 Å². The predicted molar refractivity (Wildman–Crippen MR) is 93.1 cm³/mol. The molecule has 2 heterocycles. The fourth-order valence-electron chi connectivity index (χ4n) is 2.76. The monoisotopic (exact) mass is 330 g/mol. The molecule has 6 nitrogen and oxygen atoms in total. The largest absolute Gasteiger partial charge is 0.481 e. The van der Waals surface area contributed by atoms with Crippen LogP contribution in [0.5, 0.6) is 5.88 Å². The van der Waals surface area contributed by atoms with E-state index < -0.39 is 0 Å². The average Bonchev–Trinajstić information content (AvgIpc) is 3.02. The third kappa shape index (κ3) is 3.75. The van der Waals surface area contributed by atoms with Crippen molar-refractivity contribution in [1.82, 2.24) is 19.9 Å². The van der Waals surface area contributed by atoms with E-state index in [0.717, 1.165) is 22.6 Å². The molecule has 0 fully saturated rings. The first-order valence-corrected chi connectivity index (χ1v) is 8.16. The van der Waals surface area contributed by atoms with Gasteiger partial charge in [-0.3, -0.25) is 4.79 Å². The van der Waals surface area contributed by atoms with Crippen molar-refractivity contribution in [3.63, 3.8) is 0 Å². The Morgan fingerprint density at radius 1 is 1.33 bits per heavy atom. The maximum absolute atomic E-state index is 12.5. The minimum absolute atomic E-state index is 0.0584. The van der Waals surface area contributed by atoms with E-state index in [-0.39, 0.29) is 17.9 Å². The number of hydrogen-bond donors (Lipinski definition) is 1. The first-order chi connectivity index (χ1) is 11.3. The molecule has 0 aliphatic carbocycles. The van der Waals surface area contributed by atoms with E-state index in [1.165, 1.54) is 0 Å². The molecule has 0 aliphatic heterocycles. The maximum Gasteiger partial charge on any atom is 0.243 e. The molecule has 1 unspecified atom stereocenters. The number of nitrogens with one attached hydrogen (secondary N) is 1. The second kappa shape index (κ2) is 7.47. The number of imidazole rings is 1. The summed E-state index contributed by atoms with van der Waals surface area (Å²) in [7, 11) is 1.59. The number of rotatable bonds is 6. The maximum atomic E-state index is 12.5. The second-order valence-corrected chi connectivity index (χ2v) is 6.31. The van der Waals surface area contributed by atoms with E-state index in [0.29, 0.717) is 12.4 Å². The summed E-state index contributed by atoms with van der Waals surface area (Å²) < 4.78 is 7.26. The van der Waals surface area contributed by atoms with Crippen LogP contribution >= 0.6 is 0 Å². The number of ether oxygens (including phenoxy) is 1. The highest BCUT2D eigenvalue weighted by Crippen LogP contribution is 2.21. The summed E-state index contributed by atoms with van der Waals surface area (Å²) in [5.74, 6) is 1.67. The van der Waals surface area contributed by atoms with Crippen LogP contribution in [0.2, 0.25) is 0 Å². The van der Waals surface area contributed by atoms with E-state index in [4.69, 9.17) is 4.74 Å². The molecule has 2 aromatic rings. The lowest BCUT2D eigenvalue weighted by Gasteiger charge is -2.19. The molecule has 130 valence electrons. The fraction of sp³-hybridized carbons (Fsp3) is 0.500. The van der Waals surface area contributed by atoms with Crippen molar-refractivity contribution in [3.8, 4) is 5.88 Å². The molecule has 6 heteroatoms. The number of amides is 1. The van der Waals surface area contributed by atoms with Crippen molar-refractivity contribution in [2.24, 2.45) is 0 Å². The van der Waals surface area contributed by atoms with Crippen LogP contribution in [0.25, 0.3) is 0 Å². The number of pyridine rings is 1. The topological polar surface area (TPSA) is 69.0 Å². The van der Waals surface area contributed by atoms with Gasteiger partial charge in [0.2, 0.25) is 11.8 Å². The van der Waals surface area contributed by atoms with Gasteiger partial charge < -0.3 is 14.6 Å². The van der Waals surface area contributed by atoms with E-state index >= 15 is 0 Å². The Morgan fingerprint density at radius 2 is 2.04 bits per heavy atom. The van der Waals surface area contributed by atoms with Gasteiger partial charge in [-0.2, -0.15) is 0 Å². The number of hydrogen-bond acceptors (Lipinski definition) is 4. The van der Waals surface area contributed by atoms with Crippen molar-refractivity contribution in [2.75, 3.05) is 7.11 Å². The van der Waals surface area contributed by atoms with Gasteiger partial charge in [-0.25, -0.2) is 9.97 Å². The van der Waals surface area contributed by atoms with Crippen molar-refractivity contribution < 1.29 is 9.53 Å². The lowest BCUT2D eigenvalue weighted by atomic mass is 10.1. The van der Waals surface area contributed by atoms with E-state index in [2.05, 4.69) is 29.1 Å². The van der Waals surface area contributed by atoms with Crippen LogP contribution in [0.3, 0.4) is 0 Å². The van der Waals surface area contributed by atoms with Crippen molar-refractivity contribution in [2.45, 2.75) is 53.1 Å². The molecule has 2 rings (SSSR count). The predicted octanol–water partition coefficient (Wildman–Crippen LogP) is 2.90. The van der Waals surface area contributed by atoms with Crippen molar-refractivity contribution in [1.29, 1.82) is 0 Å². The summed E-state index contributed by atoms with van der Waals surface area (Å²) >= 11 is 0. The van der Waals surface area contributed by atoms with Crippen LogP contribution in [0, 0.1) is 13.8 Å². The van der Waals surface area contributed by atoms with Crippen LogP contribution in [0.15, 0.2) is 18.5 Å². The van der Waals surface area contributed by atoms with Gasteiger partial charge in [0.15, 0.2) is 0 Å². The molecule has 1 amide bonds. The Hall–Kier alpha value is -2.37. The van der Waals surface area contributed by atoms with Crippen LogP contribution in [-0.2, 0) is 11.3 Å². The van der Waals surface area contributed by atoms with Gasteiger partial charge in [0.25, 0.3) is 0 Å². The molecule has 2 aromatic heterocycles. The number of methoxy groups -OCH3 is 1. The Bertz CT molecular complexity index is 722. The number of aryl methyl sites for hydroxylation is 2. The Balaban J connectivity index is 2.12. The fourth-order valence-corrected chi connectivity index (χ4v) is 2.76. The average molecular weight is 330 g/mol. The van der Waals surface area contributed by atoms with Crippen molar-refractivity contribution in [3.05, 3.63) is 41.1 Å². The zero-order valence-corrected chi connectivity index (χ0v) is 15.3. The molecule has 0 radical (unpaired) electrons. The quantitative estimate of drug-likeness (QED) is 0.884. The Kier molecular flexibility index (Phi) is 5.59. The molecule has 1 N–H and O–H groups in total. The number of nitrogens with zero attached hydrogens (tertiary/aromatic N) is 3. The SMILES string of the molecule is COc1nc(C)cc(C)c1CNC(=O)C(C)n1ccnc1C(C)C. The summed E-state index contributed by atoms with van der Waals surface area (Å²) in [6.45, 7) is 10.3. The van der Waals surface area contributed by atoms with Crippen LogP contribution in [0.4, 0.5) is 0 Å². The summed E-state index contributed by atoms with van der Waals surface area (Å²) in [6.07, 6.45) is 3.58. The third-order valence-electron chi connectivity index (χ3n) is 4.08. The third-order valence-corrected chi connectivity index (χ3v) is 4.08. The van der Waals surface area contributed by atoms with Crippen LogP contribution in [0.1, 0.15) is 55.4 Å². The molecule has 24 heavy (non-hydrogen) atoms. The molecule has 0 bridgehead atoms. The van der Waals surface area contributed by atoms with E-state index in [9.17, 15) is 4.79 Å². The summed E-state index contributed by atoms with van der Waals surface area (Å²) in [5.41, 5.74) is 2.85. The minimum Gasteiger partial charge on any atom is -0.481 e. The van der Waals surface area contributed by atoms with E-state index in [1.807, 2.05) is 37.6 Å². The lowest BCUT2D eigenvalue weighted by Crippen LogP contribution is -2.31. The summed E-state index contributed by atoms with van der Waals surface area (Å²) in [4.78, 5) is 21.3. The van der Waals surface area contributed by atoms with Gasteiger partial charge in [-0.1, -0.05) is 13.8 Å². The molecule has 0 spiro atoms. The highest BCUT2D eigenvalue weighted by atomic mass is 16.5. The van der Waals surface area contributed by atoms with Gasteiger partial charge >= 0.3 is 0 Å². The minimum atomic E-state index is -0.324. The van der Waals surface area contributed by atoms with Gasteiger partial charge in [-0.05, 0) is 32.4 Å². The standard InChI is InChI=1S/C18H26N4O2/c1-11(2)16-19-7-8-22(16)14(5)17(23)20-10-15-12(3)9-13(4)21-18(15)24-6/h7-9,11,14H,10H2,1-6H3,(H,20,23). The molecule has 0 aliphatic rings. The van der Waals surface area contributed by atoms with Crippen molar-refractivity contribution >= 4 is 5.91 Å². The zero-order chi connectivity index (χ0) is 17.9. The first-order valence-electron chi connectivity index (χ1n) is 8.16. The lowest BCUT2D eigenvalue weighted by molar-refractivity contribution is -0.124. The summed E-state index contributed by atoms with van der Waals surface area (Å²) in [5, 5.41) is 2.98. The molecule has 1 atom stereocenters. The molecule has 0 aromatic carbocycles. The normalized spacial score (nSPS) is 12.3. The smallest absolute Gasteiger partial charge is 0.243 e. The number of aromatic nitrogens is 3. The van der Waals surface area contributed by atoms with Crippen LogP contribution < -0.4 is 10.1 Å². The number of carbonyl (C=O) groups is 1. The first kappa shape index (κ1) is 18.0. The Labute approximate surface area is 143 Å². The molecular formula is C18H26N4O2. The van der Waals surface area contributed by atoms with Gasteiger partial charge in [-0.15, -0.1) is 0 Å². The Morgan fingerprint density at radius 3 is 2.67 bits per heavy atom. The van der Waals surface area contributed by atoms with Gasteiger partial charge in [0.1, 0.15) is 11.9 Å². The van der Waals surface area contributed by atoms with Gasteiger partial charge in [0, 0.05) is 36.1 Å².